The van der Waals surface area contributed by atoms with Gasteiger partial charge in [-0.25, -0.2) is 0 Å². The van der Waals surface area contributed by atoms with Gasteiger partial charge in [0.1, 0.15) is 0 Å². The van der Waals surface area contributed by atoms with E-state index in [4.69, 9.17) is 18.9 Å². The molecule has 0 bridgehead atoms. The summed E-state index contributed by atoms with van der Waals surface area (Å²) in [4.78, 5) is 28.6. The van der Waals surface area contributed by atoms with E-state index in [1.165, 1.54) is 0 Å². The number of hydrogen-bond donors (Lipinski definition) is 0. The largest absolute Gasteiger partial charge is 0.378 e. The molecule has 0 N–H and O–H groups in total. The summed E-state index contributed by atoms with van der Waals surface area (Å²) in [5.74, 6) is 0.207. The second kappa shape index (κ2) is 12.5. The number of ether oxygens (including phenoxy) is 4. The molecular weight excluding hydrogens is 376 g/mol. The van der Waals surface area contributed by atoms with Gasteiger partial charge in [-0.15, -0.1) is 0 Å². The Balaban J connectivity index is 1.26. The standard InChI is InChI=1S/C21H36N2O6/c24-20(6-14-26-16-18-4-1-12-28-18)22-8-3-9-23(11-10-22)21(25)7-15-27-17-19-5-2-13-29-19/h18-19H,1-17H2. The summed E-state index contributed by atoms with van der Waals surface area (Å²) < 4.78 is 22.2. The zero-order valence-corrected chi connectivity index (χ0v) is 17.5. The maximum atomic E-state index is 12.4. The highest BCUT2D eigenvalue weighted by Gasteiger charge is 2.22. The van der Waals surface area contributed by atoms with Crippen LogP contribution in [-0.4, -0.2) is 99.6 Å². The fraction of sp³-hybridized carbons (Fsp3) is 0.905. The molecule has 0 aliphatic carbocycles. The van der Waals surface area contributed by atoms with Gasteiger partial charge in [0.2, 0.25) is 11.8 Å². The average Bonchev–Trinajstić information content (AvgIpc) is 3.38. The van der Waals surface area contributed by atoms with Gasteiger partial charge in [0.15, 0.2) is 0 Å². The summed E-state index contributed by atoms with van der Waals surface area (Å²) in [7, 11) is 0. The van der Waals surface area contributed by atoms with Gasteiger partial charge in [-0.05, 0) is 32.1 Å². The van der Waals surface area contributed by atoms with Crippen molar-refractivity contribution in [3.63, 3.8) is 0 Å². The zero-order valence-electron chi connectivity index (χ0n) is 17.5. The van der Waals surface area contributed by atoms with Gasteiger partial charge >= 0.3 is 0 Å². The first-order valence-corrected chi connectivity index (χ1v) is 11.2. The Hall–Kier alpha value is -1.22. The molecule has 3 rings (SSSR count). The lowest BCUT2D eigenvalue weighted by Crippen LogP contribution is -2.38. The van der Waals surface area contributed by atoms with Crippen molar-refractivity contribution < 1.29 is 28.5 Å². The highest BCUT2D eigenvalue weighted by Crippen LogP contribution is 2.13. The van der Waals surface area contributed by atoms with Crippen LogP contribution in [0.5, 0.6) is 0 Å². The van der Waals surface area contributed by atoms with Gasteiger partial charge in [-0.3, -0.25) is 9.59 Å². The Morgan fingerprint density at radius 2 is 1.21 bits per heavy atom. The van der Waals surface area contributed by atoms with Crippen LogP contribution in [0.2, 0.25) is 0 Å². The highest BCUT2D eigenvalue weighted by molar-refractivity contribution is 5.77. The molecule has 3 aliphatic rings. The van der Waals surface area contributed by atoms with E-state index in [1.807, 2.05) is 9.80 Å². The molecule has 8 nitrogen and oxygen atoms in total. The molecule has 3 saturated heterocycles. The Bertz CT molecular complexity index is 461. The summed E-state index contributed by atoms with van der Waals surface area (Å²) in [5.41, 5.74) is 0. The van der Waals surface area contributed by atoms with Crippen LogP contribution in [0, 0.1) is 0 Å². The monoisotopic (exact) mass is 412 g/mol. The van der Waals surface area contributed by atoms with Gasteiger partial charge < -0.3 is 28.7 Å². The number of hydrogen-bond acceptors (Lipinski definition) is 6. The van der Waals surface area contributed by atoms with Crippen LogP contribution >= 0.6 is 0 Å². The van der Waals surface area contributed by atoms with Crippen LogP contribution in [0.3, 0.4) is 0 Å². The maximum absolute atomic E-state index is 12.4. The van der Waals surface area contributed by atoms with Gasteiger partial charge in [0.05, 0.1) is 51.5 Å². The third-order valence-electron chi connectivity index (χ3n) is 5.78. The molecule has 8 heteroatoms. The van der Waals surface area contributed by atoms with Crippen molar-refractivity contribution in [2.45, 2.75) is 57.2 Å². The minimum atomic E-state index is 0.103. The second-order valence-electron chi connectivity index (χ2n) is 8.04. The van der Waals surface area contributed by atoms with E-state index >= 15 is 0 Å². The first-order chi connectivity index (χ1) is 14.2. The van der Waals surface area contributed by atoms with Crippen molar-refractivity contribution in [2.75, 3.05) is 65.8 Å². The Kier molecular flexibility index (Phi) is 9.66. The third kappa shape index (κ3) is 7.85. The summed E-state index contributed by atoms with van der Waals surface area (Å²) in [6, 6.07) is 0. The topological polar surface area (TPSA) is 77.5 Å². The fourth-order valence-corrected chi connectivity index (χ4v) is 4.03. The van der Waals surface area contributed by atoms with Crippen molar-refractivity contribution in [3.05, 3.63) is 0 Å². The van der Waals surface area contributed by atoms with E-state index in [2.05, 4.69) is 0 Å². The number of amides is 2. The number of nitrogens with zero attached hydrogens (tertiary/aromatic N) is 2. The van der Waals surface area contributed by atoms with Crippen LogP contribution in [0.1, 0.15) is 44.9 Å². The van der Waals surface area contributed by atoms with E-state index < -0.39 is 0 Å². The van der Waals surface area contributed by atoms with Crippen molar-refractivity contribution in [2.24, 2.45) is 0 Å². The Morgan fingerprint density at radius 1 is 0.724 bits per heavy atom. The molecule has 3 aliphatic heterocycles. The van der Waals surface area contributed by atoms with Crippen molar-refractivity contribution >= 4 is 11.8 Å². The highest BCUT2D eigenvalue weighted by atomic mass is 16.5. The summed E-state index contributed by atoms with van der Waals surface area (Å²) >= 11 is 0. The van der Waals surface area contributed by atoms with Gasteiger partial charge in [0, 0.05) is 39.4 Å². The van der Waals surface area contributed by atoms with Crippen molar-refractivity contribution in [3.8, 4) is 0 Å². The van der Waals surface area contributed by atoms with Crippen LogP contribution < -0.4 is 0 Å². The quantitative estimate of drug-likeness (QED) is 0.502. The number of rotatable bonds is 10. The molecule has 0 spiro atoms. The van der Waals surface area contributed by atoms with E-state index in [0.29, 0.717) is 65.4 Å². The van der Waals surface area contributed by atoms with Crippen LogP contribution in [0.15, 0.2) is 0 Å². The van der Waals surface area contributed by atoms with Gasteiger partial charge in [-0.2, -0.15) is 0 Å². The predicted octanol–water partition coefficient (Wildman–Crippen LogP) is 1.22. The molecule has 0 aromatic rings. The molecule has 0 aromatic heterocycles. The minimum Gasteiger partial charge on any atom is -0.378 e. The van der Waals surface area contributed by atoms with Crippen LogP contribution in [0.25, 0.3) is 0 Å². The van der Waals surface area contributed by atoms with E-state index in [1.54, 1.807) is 0 Å². The molecule has 3 heterocycles. The molecule has 29 heavy (non-hydrogen) atoms. The predicted molar refractivity (Wildman–Crippen MR) is 107 cm³/mol. The molecule has 2 unspecified atom stereocenters. The summed E-state index contributed by atoms with van der Waals surface area (Å²) in [6.45, 7) is 6.22. The first kappa shape index (κ1) is 22.5. The smallest absolute Gasteiger partial charge is 0.224 e. The molecule has 3 fully saturated rings. The molecular formula is C21H36N2O6. The summed E-state index contributed by atoms with van der Waals surface area (Å²) in [6.07, 6.45) is 6.25. The average molecular weight is 413 g/mol. The molecule has 0 radical (unpaired) electrons. The fourth-order valence-electron chi connectivity index (χ4n) is 4.03. The number of carbonyl (C=O) groups is 2. The third-order valence-corrected chi connectivity index (χ3v) is 5.78. The van der Waals surface area contributed by atoms with E-state index in [0.717, 1.165) is 45.3 Å². The first-order valence-electron chi connectivity index (χ1n) is 11.2. The minimum absolute atomic E-state index is 0.103. The van der Waals surface area contributed by atoms with E-state index in [-0.39, 0.29) is 24.0 Å². The van der Waals surface area contributed by atoms with Crippen LogP contribution in [-0.2, 0) is 28.5 Å². The molecule has 2 atom stereocenters. The second-order valence-corrected chi connectivity index (χ2v) is 8.04. The summed E-state index contributed by atoms with van der Waals surface area (Å²) in [5, 5.41) is 0. The SMILES string of the molecule is O=C(CCOCC1CCCO1)N1CCCN(C(=O)CCOCC2CCCO2)CC1. The van der Waals surface area contributed by atoms with Crippen molar-refractivity contribution in [1.82, 2.24) is 9.80 Å². The van der Waals surface area contributed by atoms with Gasteiger partial charge in [0.25, 0.3) is 0 Å². The van der Waals surface area contributed by atoms with Crippen molar-refractivity contribution in [1.29, 1.82) is 0 Å². The lowest BCUT2D eigenvalue weighted by Gasteiger charge is -2.22. The lowest BCUT2D eigenvalue weighted by molar-refractivity contribution is -0.135. The van der Waals surface area contributed by atoms with Crippen LogP contribution in [0.4, 0.5) is 0 Å². The molecule has 0 saturated carbocycles. The molecule has 2 amide bonds. The normalized spacial score (nSPS) is 25.4. The zero-order chi connectivity index (χ0) is 20.3. The van der Waals surface area contributed by atoms with Gasteiger partial charge in [-0.1, -0.05) is 0 Å². The molecule has 166 valence electrons. The maximum Gasteiger partial charge on any atom is 0.224 e. The van der Waals surface area contributed by atoms with E-state index in [9.17, 15) is 9.59 Å². The molecule has 0 aromatic carbocycles. The Morgan fingerprint density at radius 3 is 1.62 bits per heavy atom. The number of carbonyl (C=O) groups excluding carboxylic acids is 2. The Labute approximate surface area is 173 Å². The lowest BCUT2D eigenvalue weighted by atomic mass is 10.2.